The Balaban J connectivity index is 3.25. The predicted octanol–water partition coefficient (Wildman–Crippen LogP) is 2.86. The summed E-state index contributed by atoms with van der Waals surface area (Å²) in [6.45, 7) is 3.89. The fourth-order valence-corrected chi connectivity index (χ4v) is 2.57. The molecule has 1 aromatic rings. The van der Waals surface area contributed by atoms with Crippen LogP contribution in [-0.4, -0.2) is 12.0 Å². The van der Waals surface area contributed by atoms with Gasteiger partial charge in [-0.3, -0.25) is 9.09 Å². The minimum Gasteiger partial charge on any atom is -0.349 e. The Morgan fingerprint density at radius 1 is 1.35 bits per heavy atom. The van der Waals surface area contributed by atoms with E-state index in [1.165, 1.54) is 7.11 Å². The van der Waals surface area contributed by atoms with Gasteiger partial charge in [0.25, 0.3) is 0 Å². The number of benzene rings is 1. The van der Waals surface area contributed by atoms with Crippen LogP contribution in [0.1, 0.15) is 31.4 Å². The van der Waals surface area contributed by atoms with Crippen LogP contribution in [-0.2, 0) is 26.0 Å². The van der Waals surface area contributed by atoms with Crippen molar-refractivity contribution in [2.75, 3.05) is 7.11 Å². The SMILES string of the molecule is CCc1ccccc1C(CC)(OC)O[PH](=O)O. The Morgan fingerprint density at radius 3 is 2.47 bits per heavy atom. The Labute approximate surface area is 103 Å². The van der Waals surface area contributed by atoms with E-state index in [0.717, 1.165) is 17.5 Å². The second-order valence-electron chi connectivity index (χ2n) is 3.69. The van der Waals surface area contributed by atoms with Crippen molar-refractivity contribution in [2.45, 2.75) is 32.5 Å². The van der Waals surface area contributed by atoms with Crippen LogP contribution in [0.15, 0.2) is 24.3 Å². The van der Waals surface area contributed by atoms with Gasteiger partial charge in [0.15, 0.2) is 0 Å². The first-order valence-corrected chi connectivity index (χ1v) is 6.91. The number of aryl methyl sites for hydroxylation is 1. The summed E-state index contributed by atoms with van der Waals surface area (Å²) in [7, 11) is -1.57. The van der Waals surface area contributed by atoms with Gasteiger partial charge in [0.1, 0.15) is 0 Å². The molecular formula is C12H19O4P. The smallest absolute Gasteiger partial charge is 0.319 e. The molecule has 0 spiro atoms. The van der Waals surface area contributed by atoms with E-state index >= 15 is 0 Å². The highest BCUT2D eigenvalue weighted by molar-refractivity contribution is 7.32. The van der Waals surface area contributed by atoms with Crippen LogP contribution in [0.3, 0.4) is 0 Å². The lowest BCUT2D eigenvalue weighted by Crippen LogP contribution is -2.30. The molecular weight excluding hydrogens is 239 g/mol. The van der Waals surface area contributed by atoms with Crippen LogP contribution in [0.2, 0.25) is 0 Å². The molecule has 0 aliphatic rings. The lowest BCUT2D eigenvalue weighted by Gasteiger charge is -2.31. The summed E-state index contributed by atoms with van der Waals surface area (Å²) in [5.74, 6) is -1.13. The molecule has 0 aliphatic heterocycles. The number of hydrogen-bond donors (Lipinski definition) is 1. The third-order valence-electron chi connectivity index (χ3n) is 2.86. The molecule has 4 nitrogen and oxygen atoms in total. The summed E-state index contributed by atoms with van der Waals surface area (Å²) in [6.07, 6.45) is 1.29. The summed E-state index contributed by atoms with van der Waals surface area (Å²) >= 11 is 0. The van der Waals surface area contributed by atoms with Gasteiger partial charge < -0.3 is 9.63 Å². The van der Waals surface area contributed by atoms with Crippen LogP contribution < -0.4 is 0 Å². The van der Waals surface area contributed by atoms with E-state index < -0.39 is 14.0 Å². The second-order valence-corrected chi connectivity index (χ2v) is 4.43. The van der Waals surface area contributed by atoms with E-state index in [-0.39, 0.29) is 0 Å². The average molecular weight is 258 g/mol. The quantitative estimate of drug-likeness (QED) is 0.629. The van der Waals surface area contributed by atoms with Crippen molar-refractivity contribution in [3.05, 3.63) is 35.4 Å². The first kappa shape index (κ1) is 14.4. The molecule has 0 bridgehead atoms. The van der Waals surface area contributed by atoms with Crippen LogP contribution in [0, 0.1) is 0 Å². The van der Waals surface area contributed by atoms with Crippen LogP contribution in [0.25, 0.3) is 0 Å². The first-order valence-electron chi connectivity index (χ1n) is 5.65. The zero-order valence-electron chi connectivity index (χ0n) is 10.4. The van der Waals surface area contributed by atoms with E-state index in [1.54, 1.807) is 0 Å². The molecule has 0 saturated heterocycles. The van der Waals surface area contributed by atoms with Crippen molar-refractivity contribution >= 4 is 8.25 Å². The largest absolute Gasteiger partial charge is 0.349 e. The molecule has 1 aromatic carbocycles. The van der Waals surface area contributed by atoms with Gasteiger partial charge in [-0.15, -0.1) is 0 Å². The number of methoxy groups -OCH3 is 1. The Hall–Kier alpha value is -0.670. The summed E-state index contributed by atoms with van der Waals surface area (Å²) in [5.41, 5.74) is 1.87. The molecule has 0 radical (unpaired) electrons. The molecule has 5 heteroatoms. The molecule has 2 unspecified atom stereocenters. The highest BCUT2D eigenvalue weighted by Gasteiger charge is 2.34. The highest BCUT2D eigenvalue weighted by Crippen LogP contribution is 2.39. The van der Waals surface area contributed by atoms with Gasteiger partial charge in [-0.1, -0.05) is 38.1 Å². The normalized spacial score (nSPS) is 16.5. The Kier molecular flexibility index (Phi) is 5.34. The maximum atomic E-state index is 11.0. The summed E-state index contributed by atoms with van der Waals surface area (Å²) in [4.78, 5) is 9.02. The topological polar surface area (TPSA) is 55.8 Å². The summed E-state index contributed by atoms with van der Waals surface area (Å²) in [6, 6.07) is 7.64. The van der Waals surface area contributed by atoms with Crippen molar-refractivity contribution in [1.29, 1.82) is 0 Å². The van der Waals surface area contributed by atoms with Crippen molar-refractivity contribution < 1.29 is 18.7 Å². The molecule has 0 fully saturated rings. The number of hydrogen-bond acceptors (Lipinski definition) is 3. The van der Waals surface area contributed by atoms with Crippen LogP contribution >= 0.6 is 8.25 Å². The second kappa shape index (κ2) is 6.31. The zero-order chi connectivity index (χ0) is 12.9. The fourth-order valence-electron chi connectivity index (χ4n) is 1.95. The maximum absolute atomic E-state index is 11.0. The van der Waals surface area contributed by atoms with E-state index in [0.29, 0.717) is 6.42 Å². The van der Waals surface area contributed by atoms with Gasteiger partial charge in [-0.25, -0.2) is 0 Å². The minimum atomic E-state index is -3.06. The van der Waals surface area contributed by atoms with E-state index in [9.17, 15) is 4.57 Å². The van der Waals surface area contributed by atoms with Crippen molar-refractivity contribution in [3.8, 4) is 0 Å². The van der Waals surface area contributed by atoms with Crippen molar-refractivity contribution in [3.63, 3.8) is 0 Å². The van der Waals surface area contributed by atoms with E-state index in [2.05, 4.69) is 0 Å². The highest BCUT2D eigenvalue weighted by atomic mass is 31.1. The van der Waals surface area contributed by atoms with Gasteiger partial charge in [0.05, 0.1) is 0 Å². The fraction of sp³-hybridized carbons (Fsp3) is 0.500. The molecule has 0 saturated carbocycles. The van der Waals surface area contributed by atoms with Crippen molar-refractivity contribution in [1.82, 2.24) is 0 Å². The first-order chi connectivity index (χ1) is 8.09. The Morgan fingerprint density at radius 2 is 2.00 bits per heavy atom. The zero-order valence-corrected chi connectivity index (χ0v) is 11.4. The number of rotatable bonds is 6. The van der Waals surface area contributed by atoms with Gasteiger partial charge in [-0.2, -0.15) is 0 Å². The Bertz CT molecular complexity index is 388. The van der Waals surface area contributed by atoms with Gasteiger partial charge >= 0.3 is 8.25 Å². The third kappa shape index (κ3) is 3.17. The maximum Gasteiger partial charge on any atom is 0.319 e. The molecule has 96 valence electrons. The number of ether oxygens (including phenoxy) is 1. The van der Waals surface area contributed by atoms with E-state index in [4.69, 9.17) is 14.2 Å². The lowest BCUT2D eigenvalue weighted by molar-refractivity contribution is -0.175. The molecule has 0 aliphatic carbocycles. The average Bonchev–Trinajstić information content (AvgIpc) is 2.35. The molecule has 17 heavy (non-hydrogen) atoms. The minimum absolute atomic E-state index is 0.470. The monoisotopic (exact) mass is 258 g/mol. The van der Waals surface area contributed by atoms with Gasteiger partial charge in [0.2, 0.25) is 5.79 Å². The molecule has 0 heterocycles. The standard InChI is InChI=1S/C12H19O4P/c1-4-10-8-6-7-9-11(10)12(5-2,15-3)16-17(13)14/h6-9,17H,4-5H2,1-3H3,(H,13,14). The summed E-state index contributed by atoms with van der Waals surface area (Å²) in [5, 5.41) is 0. The molecule has 1 rings (SSSR count). The molecule has 2 atom stereocenters. The lowest BCUT2D eigenvalue weighted by atomic mass is 9.96. The van der Waals surface area contributed by atoms with Gasteiger partial charge in [0, 0.05) is 19.1 Å². The molecule has 0 amide bonds. The third-order valence-corrected chi connectivity index (χ3v) is 3.36. The van der Waals surface area contributed by atoms with E-state index in [1.807, 2.05) is 38.1 Å². The van der Waals surface area contributed by atoms with Crippen molar-refractivity contribution in [2.24, 2.45) is 0 Å². The predicted molar refractivity (Wildman–Crippen MR) is 67.1 cm³/mol. The van der Waals surface area contributed by atoms with Gasteiger partial charge in [-0.05, 0) is 12.0 Å². The molecule has 0 aromatic heterocycles. The van der Waals surface area contributed by atoms with Crippen LogP contribution in [0.4, 0.5) is 0 Å². The molecule has 1 N–H and O–H groups in total. The summed E-state index contributed by atoms with van der Waals surface area (Å²) < 4.78 is 21.5. The van der Waals surface area contributed by atoms with Crippen LogP contribution in [0.5, 0.6) is 0 Å².